The zero-order valence-corrected chi connectivity index (χ0v) is 13.8. The van der Waals surface area contributed by atoms with Crippen molar-refractivity contribution >= 4 is 16.9 Å². The fraction of sp³-hybridized carbons (Fsp3) is 0.263. The Labute approximate surface area is 136 Å². The molecule has 3 aromatic rings. The summed E-state index contributed by atoms with van der Waals surface area (Å²) in [5, 5.41) is 0. The molecule has 1 aromatic heterocycles. The Morgan fingerprint density at radius 3 is 2.35 bits per heavy atom. The third-order valence-electron chi connectivity index (χ3n) is 4.24. The first-order valence-electron chi connectivity index (χ1n) is 7.94. The molecule has 23 heavy (non-hydrogen) atoms. The van der Waals surface area contributed by atoms with Gasteiger partial charge in [0.2, 0.25) is 0 Å². The number of aryl methyl sites for hydroxylation is 1. The first-order chi connectivity index (χ1) is 11.1. The molecule has 0 saturated heterocycles. The molecule has 0 spiro atoms. The lowest BCUT2D eigenvalue weighted by Gasteiger charge is -2.18. The minimum Gasteiger partial charge on any atom is -0.339 e. The van der Waals surface area contributed by atoms with E-state index in [1.807, 2.05) is 61.0 Å². The molecule has 4 nitrogen and oxygen atoms in total. The number of aromatic nitrogens is 2. The van der Waals surface area contributed by atoms with Gasteiger partial charge in [-0.3, -0.25) is 4.79 Å². The minimum atomic E-state index is 0.0849. The third kappa shape index (κ3) is 2.84. The highest BCUT2D eigenvalue weighted by Gasteiger charge is 2.12. The molecule has 4 heteroatoms. The van der Waals surface area contributed by atoms with Gasteiger partial charge in [0.15, 0.2) is 0 Å². The SMILES string of the molecule is CCN(CC)C(=O)c1ccc(-c2ccc3c(c2)ncn3C)cc1. The third-order valence-corrected chi connectivity index (χ3v) is 4.24. The van der Waals surface area contributed by atoms with Gasteiger partial charge in [-0.2, -0.15) is 0 Å². The summed E-state index contributed by atoms with van der Waals surface area (Å²) in [4.78, 5) is 18.6. The van der Waals surface area contributed by atoms with Gasteiger partial charge in [0.05, 0.1) is 17.4 Å². The lowest BCUT2D eigenvalue weighted by molar-refractivity contribution is 0.0773. The average molecular weight is 307 g/mol. The number of hydrogen-bond donors (Lipinski definition) is 0. The largest absolute Gasteiger partial charge is 0.339 e. The molecule has 0 aliphatic carbocycles. The molecule has 2 aromatic carbocycles. The number of amides is 1. The molecule has 0 bridgehead atoms. The van der Waals surface area contributed by atoms with Crippen LogP contribution in [0.4, 0.5) is 0 Å². The number of carbonyl (C=O) groups excluding carboxylic acids is 1. The van der Waals surface area contributed by atoms with Gasteiger partial charge in [-0.25, -0.2) is 4.98 Å². The molecule has 0 atom stereocenters. The van der Waals surface area contributed by atoms with Crippen LogP contribution in [0.1, 0.15) is 24.2 Å². The van der Waals surface area contributed by atoms with E-state index in [1.54, 1.807) is 0 Å². The van der Waals surface area contributed by atoms with Crippen molar-refractivity contribution in [2.75, 3.05) is 13.1 Å². The van der Waals surface area contributed by atoms with Crippen LogP contribution in [0, 0.1) is 0 Å². The summed E-state index contributed by atoms with van der Waals surface area (Å²) < 4.78 is 2.00. The second-order valence-electron chi connectivity index (χ2n) is 5.61. The summed E-state index contributed by atoms with van der Waals surface area (Å²) in [6, 6.07) is 14.0. The van der Waals surface area contributed by atoms with Crippen LogP contribution in [0.5, 0.6) is 0 Å². The van der Waals surface area contributed by atoms with E-state index in [4.69, 9.17) is 0 Å². The maximum atomic E-state index is 12.3. The van der Waals surface area contributed by atoms with E-state index in [0.29, 0.717) is 0 Å². The molecule has 118 valence electrons. The van der Waals surface area contributed by atoms with Gasteiger partial charge in [0, 0.05) is 25.7 Å². The molecule has 0 unspecified atom stereocenters. The van der Waals surface area contributed by atoms with Crippen molar-refractivity contribution in [3.8, 4) is 11.1 Å². The molecule has 0 aliphatic rings. The Bertz CT molecular complexity index is 829. The lowest BCUT2D eigenvalue weighted by atomic mass is 10.0. The molecule has 0 aliphatic heterocycles. The van der Waals surface area contributed by atoms with Gasteiger partial charge in [0.1, 0.15) is 0 Å². The van der Waals surface area contributed by atoms with Crippen LogP contribution in [0.2, 0.25) is 0 Å². The smallest absolute Gasteiger partial charge is 0.253 e. The number of nitrogens with zero attached hydrogens (tertiary/aromatic N) is 3. The fourth-order valence-corrected chi connectivity index (χ4v) is 2.81. The van der Waals surface area contributed by atoms with E-state index >= 15 is 0 Å². The highest BCUT2D eigenvalue weighted by molar-refractivity contribution is 5.94. The van der Waals surface area contributed by atoms with Gasteiger partial charge in [-0.15, -0.1) is 0 Å². The van der Waals surface area contributed by atoms with Crippen molar-refractivity contribution in [2.45, 2.75) is 13.8 Å². The van der Waals surface area contributed by atoms with E-state index in [0.717, 1.165) is 40.8 Å². The summed E-state index contributed by atoms with van der Waals surface area (Å²) in [5.74, 6) is 0.0849. The van der Waals surface area contributed by atoms with Crippen LogP contribution in [0.15, 0.2) is 48.8 Å². The molecule has 0 fully saturated rings. The highest BCUT2D eigenvalue weighted by atomic mass is 16.2. The maximum absolute atomic E-state index is 12.3. The van der Waals surface area contributed by atoms with Crippen molar-refractivity contribution < 1.29 is 4.79 Å². The number of benzene rings is 2. The molecule has 1 amide bonds. The molecular weight excluding hydrogens is 286 g/mol. The van der Waals surface area contributed by atoms with Crippen molar-refractivity contribution in [3.63, 3.8) is 0 Å². The van der Waals surface area contributed by atoms with Crippen molar-refractivity contribution in [3.05, 3.63) is 54.4 Å². The monoisotopic (exact) mass is 307 g/mol. The zero-order chi connectivity index (χ0) is 16.4. The maximum Gasteiger partial charge on any atom is 0.253 e. The topological polar surface area (TPSA) is 38.1 Å². The van der Waals surface area contributed by atoms with Crippen molar-refractivity contribution in [2.24, 2.45) is 7.05 Å². The van der Waals surface area contributed by atoms with Crippen LogP contribution in [-0.4, -0.2) is 33.4 Å². The molecule has 0 N–H and O–H groups in total. The normalized spacial score (nSPS) is 10.9. The van der Waals surface area contributed by atoms with Crippen LogP contribution >= 0.6 is 0 Å². The average Bonchev–Trinajstić information content (AvgIpc) is 2.96. The number of fused-ring (bicyclic) bond motifs is 1. The van der Waals surface area contributed by atoms with E-state index in [9.17, 15) is 4.79 Å². The Balaban J connectivity index is 1.90. The van der Waals surface area contributed by atoms with Gasteiger partial charge >= 0.3 is 0 Å². The standard InChI is InChI=1S/C19H21N3O/c1-4-22(5-2)19(23)15-8-6-14(7-9-15)16-10-11-18-17(12-16)20-13-21(18)3/h6-13H,4-5H2,1-3H3. The van der Waals surface area contributed by atoms with Gasteiger partial charge in [-0.05, 0) is 49.2 Å². The molecule has 3 rings (SSSR count). The van der Waals surface area contributed by atoms with E-state index in [-0.39, 0.29) is 5.91 Å². The van der Waals surface area contributed by atoms with E-state index in [1.165, 1.54) is 0 Å². The highest BCUT2D eigenvalue weighted by Crippen LogP contribution is 2.24. The molecule has 1 heterocycles. The quantitative estimate of drug-likeness (QED) is 0.737. The summed E-state index contributed by atoms with van der Waals surface area (Å²) in [6.45, 7) is 5.45. The number of carbonyl (C=O) groups is 1. The van der Waals surface area contributed by atoms with Gasteiger partial charge in [-0.1, -0.05) is 18.2 Å². The fourth-order valence-electron chi connectivity index (χ4n) is 2.81. The predicted molar refractivity (Wildman–Crippen MR) is 93.4 cm³/mol. The summed E-state index contributed by atoms with van der Waals surface area (Å²) in [5.41, 5.74) is 5.03. The van der Waals surface area contributed by atoms with Crippen LogP contribution in [0.25, 0.3) is 22.2 Å². The number of rotatable bonds is 4. The number of hydrogen-bond acceptors (Lipinski definition) is 2. The Morgan fingerprint density at radius 2 is 1.70 bits per heavy atom. The first kappa shape index (κ1) is 15.3. The second kappa shape index (κ2) is 6.24. The van der Waals surface area contributed by atoms with Gasteiger partial charge in [0.25, 0.3) is 5.91 Å². The number of imidazole rings is 1. The molecule has 0 saturated carbocycles. The zero-order valence-electron chi connectivity index (χ0n) is 13.8. The van der Waals surface area contributed by atoms with Crippen molar-refractivity contribution in [1.29, 1.82) is 0 Å². The van der Waals surface area contributed by atoms with Crippen LogP contribution in [0.3, 0.4) is 0 Å². The Hall–Kier alpha value is -2.62. The lowest BCUT2D eigenvalue weighted by Crippen LogP contribution is -2.30. The van der Waals surface area contributed by atoms with Crippen LogP contribution < -0.4 is 0 Å². The van der Waals surface area contributed by atoms with E-state index in [2.05, 4.69) is 23.2 Å². The predicted octanol–water partition coefficient (Wildman–Crippen LogP) is 3.72. The summed E-state index contributed by atoms with van der Waals surface area (Å²) in [6.07, 6.45) is 1.82. The van der Waals surface area contributed by atoms with Crippen LogP contribution in [-0.2, 0) is 7.05 Å². The van der Waals surface area contributed by atoms with E-state index < -0.39 is 0 Å². The van der Waals surface area contributed by atoms with Gasteiger partial charge < -0.3 is 9.47 Å². The van der Waals surface area contributed by atoms with Crippen molar-refractivity contribution in [1.82, 2.24) is 14.5 Å². The summed E-state index contributed by atoms with van der Waals surface area (Å²) >= 11 is 0. The molecular formula is C19H21N3O. The second-order valence-corrected chi connectivity index (χ2v) is 5.61. The Morgan fingerprint density at radius 1 is 1.04 bits per heavy atom. The molecule has 0 radical (unpaired) electrons. The Kier molecular flexibility index (Phi) is 4.15. The first-order valence-corrected chi connectivity index (χ1v) is 7.94. The summed E-state index contributed by atoms with van der Waals surface area (Å²) in [7, 11) is 1.99. The minimum absolute atomic E-state index is 0.0849.